The first kappa shape index (κ1) is 12.2. The molecule has 1 rings (SSSR count). The highest BCUT2D eigenvalue weighted by molar-refractivity contribution is 7.90. The summed E-state index contributed by atoms with van der Waals surface area (Å²) in [7, 11) is -3.14. The third kappa shape index (κ3) is 2.81. The number of sulfone groups is 1. The van der Waals surface area contributed by atoms with Crippen LogP contribution in [0.4, 0.5) is 0 Å². The standard InChI is InChI=1S/C10H17NO3S/c1-7(15(5,12)13)9-11-6-8(14-9)10(2,3)4/h6-7H,1-5H3/t7-/m0/s1. The minimum Gasteiger partial charge on any atom is -0.444 e. The zero-order chi connectivity index (χ0) is 11.9. The molecule has 0 aromatic carbocycles. The van der Waals surface area contributed by atoms with E-state index in [1.807, 2.05) is 20.8 Å². The van der Waals surface area contributed by atoms with Gasteiger partial charge in [0.2, 0.25) is 5.89 Å². The molecule has 0 spiro atoms. The molecule has 4 nitrogen and oxygen atoms in total. The minimum atomic E-state index is -3.14. The normalized spacial score (nSPS) is 15.3. The number of rotatable bonds is 2. The van der Waals surface area contributed by atoms with E-state index in [4.69, 9.17) is 4.42 Å². The molecule has 0 unspecified atom stereocenters. The van der Waals surface area contributed by atoms with Crippen molar-refractivity contribution in [2.45, 2.75) is 38.4 Å². The lowest BCUT2D eigenvalue weighted by Crippen LogP contribution is -2.10. The summed E-state index contributed by atoms with van der Waals surface area (Å²) in [6.45, 7) is 7.54. The highest BCUT2D eigenvalue weighted by atomic mass is 32.2. The van der Waals surface area contributed by atoms with Gasteiger partial charge < -0.3 is 4.42 Å². The molecule has 0 aliphatic rings. The maximum atomic E-state index is 11.3. The molecule has 0 fully saturated rings. The number of aromatic nitrogens is 1. The first-order chi connectivity index (χ1) is 6.62. The SMILES string of the molecule is C[C@@H](c1ncc(C(C)(C)C)o1)S(C)(=O)=O. The molecule has 1 atom stereocenters. The molecule has 5 heteroatoms. The highest BCUT2D eigenvalue weighted by Crippen LogP contribution is 2.27. The van der Waals surface area contributed by atoms with Crippen LogP contribution in [0.3, 0.4) is 0 Å². The highest BCUT2D eigenvalue weighted by Gasteiger charge is 2.25. The Bertz CT molecular complexity index is 439. The second-order valence-electron chi connectivity index (χ2n) is 4.78. The number of nitrogens with zero attached hydrogens (tertiary/aromatic N) is 1. The van der Waals surface area contributed by atoms with Crippen LogP contribution in [0.2, 0.25) is 0 Å². The van der Waals surface area contributed by atoms with Crippen LogP contribution >= 0.6 is 0 Å². The average Bonchev–Trinajstić information content (AvgIpc) is 2.47. The van der Waals surface area contributed by atoms with Gasteiger partial charge in [0.25, 0.3) is 0 Å². The molecule has 1 aromatic rings. The summed E-state index contributed by atoms with van der Waals surface area (Å²) in [4.78, 5) is 4.00. The summed E-state index contributed by atoms with van der Waals surface area (Å²) in [5, 5.41) is -0.686. The van der Waals surface area contributed by atoms with Crippen LogP contribution in [0.5, 0.6) is 0 Å². The maximum absolute atomic E-state index is 11.3. The van der Waals surface area contributed by atoms with E-state index >= 15 is 0 Å². The van der Waals surface area contributed by atoms with E-state index in [9.17, 15) is 8.42 Å². The van der Waals surface area contributed by atoms with E-state index in [-0.39, 0.29) is 11.3 Å². The van der Waals surface area contributed by atoms with E-state index in [0.29, 0.717) is 5.76 Å². The molecular formula is C10H17NO3S. The van der Waals surface area contributed by atoms with Crippen LogP contribution in [0.25, 0.3) is 0 Å². The Kier molecular flexibility index (Phi) is 2.96. The Hall–Kier alpha value is -0.840. The van der Waals surface area contributed by atoms with Gasteiger partial charge in [0.1, 0.15) is 11.0 Å². The molecule has 0 amide bonds. The summed E-state index contributed by atoms with van der Waals surface area (Å²) in [6.07, 6.45) is 2.77. The molecular weight excluding hydrogens is 214 g/mol. The minimum absolute atomic E-state index is 0.150. The van der Waals surface area contributed by atoms with Crippen LogP contribution < -0.4 is 0 Å². The smallest absolute Gasteiger partial charge is 0.212 e. The predicted molar refractivity (Wildman–Crippen MR) is 58.5 cm³/mol. The molecule has 0 radical (unpaired) electrons. The Balaban J connectivity index is 3.06. The monoisotopic (exact) mass is 231 g/mol. The third-order valence-electron chi connectivity index (χ3n) is 2.25. The van der Waals surface area contributed by atoms with Gasteiger partial charge in [-0.15, -0.1) is 0 Å². The quantitative estimate of drug-likeness (QED) is 0.781. The van der Waals surface area contributed by atoms with Crippen LogP contribution in [0.15, 0.2) is 10.6 Å². The molecule has 15 heavy (non-hydrogen) atoms. The molecule has 86 valence electrons. The fourth-order valence-corrected chi connectivity index (χ4v) is 1.48. The molecule has 1 heterocycles. The lowest BCUT2D eigenvalue weighted by molar-refractivity contribution is 0.381. The molecule has 0 saturated heterocycles. The number of hydrogen-bond acceptors (Lipinski definition) is 4. The largest absolute Gasteiger partial charge is 0.444 e. The van der Waals surface area contributed by atoms with Crippen molar-refractivity contribution in [3.63, 3.8) is 0 Å². The summed E-state index contributed by atoms with van der Waals surface area (Å²) in [5.74, 6) is 0.968. The van der Waals surface area contributed by atoms with E-state index in [2.05, 4.69) is 4.98 Å². The fraction of sp³-hybridized carbons (Fsp3) is 0.700. The van der Waals surface area contributed by atoms with Crippen molar-refractivity contribution in [3.05, 3.63) is 17.8 Å². The van der Waals surface area contributed by atoms with Crippen LogP contribution in [0, 0.1) is 0 Å². The number of hydrogen-bond donors (Lipinski definition) is 0. The van der Waals surface area contributed by atoms with Crippen molar-refractivity contribution < 1.29 is 12.8 Å². The van der Waals surface area contributed by atoms with Gasteiger partial charge in [-0.25, -0.2) is 13.4 Å². The second kappa shape index (κ2) is 3.63. The van der Waals surface area contributed by atoms with E-state index in [0.717, 1.165) is 0 Å². The zero-order valence-corrected chi connectivity index (χ0v) is 10.6. The average molecular weight is 231 g/mol. The predicted octanol–water partition coefficient (Wildman–Crippen LogP) is 2.08. The Morgan fingerprint density at radius 1 is 1.40 bits per heavy atom. The fourth-order valence-electron chi connectivity index (χ4n) is 1.01. The molecule has 0 aliphatic heterocycles. The first-order valence-electron chi connectivity index (χ1n) is 4.77. The molecule has 0 N–H and O–H groups in total. The van der Waals surface area contributed by atoms with Crippen molar-refractivity contribution in [2.75, 3.05) is 6.26 Å². The second-order valence-corrected chi connectivity index (χ2v) is 7.15. The number of oxazole rings is 1. The van der Waals surface area contributed by atoms with Crippen LogP contribution in [-0.4, -0.2) is 19.7 Å². The van der Waals surface area contributed by atoms with E-state index < -0.39 is 15.1 Å². The zero-order valence-electron chi connectivity index (χ0n) is 9.73. The van der Waals surface area contributed by atoms with Crippen molar-refractivity contribution in [3.8, 4) is 0 Å². The van der Waals surface area contributed by atoms with Gasteiger partial charge >= 0.3 is 0 Å². The Morgan fingerprint density at radius 2 is 1.93 bits per heavy atom. The van der Waals surface area contributed by atoms with Crippen molar-refractivity contribution >= 4 is 9.84 Å². The van der Waals surface area contributed by atoms with Gasteiger partial charge in [-0.05, 0) is 6.92 Å². The van der Waals surface area contributed by atoms with Gasteiger partial charge in [0.15, 0.2) is 9.84 Å². The molecule has 0 aliphatic carbocycles. The van der Waals surface area contributed by atoms with Crippen molar-refractivity contribution in [1.82, 2.24) is 4.98 Å². The van der Waals surface area contributed by atoms with Crippen molar-refractivity contribution in [2.24, 2.45) is 0 Å². The van der Waals surface area contributed by atoms with E-state index in [1.165, 1.54) is 6.26 Å². The topological polar surface area (TPSA) is 60.2 Å². The third-order valence-corrected chi connectivity index (χ3v) is 3.74. The lowest BCUT2D eigenvalue weighted by atomic mass is 9.94. The van der Waals surface area contributed by atoms with E-state index in [1.54, 1.807) is 13.1 Å². The van der Waals surface area contributed by atoms with Gasteiger partial charge in [-0.1, -0.05) is 20.8 Å². The molecule has 0 saturated carbocycles. The maximum Gasteiger partial charge on any atom is 0.212 e. The van der Waals surface area contributed by atoms with Gasteiger partial charge in [-0.3, -0.25) is 0 Å². The molecule has 1 aromatic heterocycles. The van der Waals surface area contributed by atoms with Gasteiger partial charge in [0.05, 0.1) is 6.20 Å². The molecule has 0 bridgehead atoms. The first-order valence-corrected chi connectivity index (χ1v) is 6.73. The summed E-state index contributed by atoms with van der Waals surface area (Å²) in [5.41, 5.74) is -0.150. The Morgan fingerprint density at radius 3 is 2.27 bits per heavy atom. The lowest BCUT2D eigenvalue weighted by Gasteiger charge is -2.13. The summed E-state index contributed by atoms with van der Waals surface area (Å²) in [6, 6.07) is 0. The summed E-state index contributed by atoms with van der Waals surface area (Å²) >= 11 is 0. The summed E-state index contributed by atoms with van der Waals surface area (Å²) < 4.78 is 28.0. The van der Waals surface area contributed by atoms with Crippen LogP contribution in [-0.2, 0) is 15.3 Å². The van der Waals surface area contributed by atoms with Crippen LogP contribution in [0.1, 0.15) is 44.6 Å². The Labute approximate surface area is 90.6 Å². The van der Waals surface area contributed by atoms with Gasteiger partial charge in [-0.2, -0.15) is 0 Å². The van der Waals surface area contributed by atoms with Crippen molar-refractivity contribution in [1.29, 1.82) is 0 Å². The van der Waals surface area contributed by atoms with Gasteiger partial charge in [0, 0.05) is 11.7 Å².